The molecule has 1 aliphatic rings. The summed E-state index contributed by atoms with van der Waals surface area (Å²) in [7, 11) is 0. The molecular formula is C19H18O2. The van der Waals surface area contributed by atoms with E-state index in [4.69, 9.17) is 0 Å². The van der Waals surface area contributed by atoms with Crippen molar-refractivity contribution in [2.24, 2.45) is 5.92 Å². The van der Waals surface area contributed by atoms with Gasteiger partial charge in [-0.05, 0) is 24.3 Å². The van der Waals surface area contributed by atoms with Crippen LogP contribution in [0.1, 0.15) is 57.7 Å². The highest BCUT2D eigenvalue weighted by Gasteiger charge is 2.30. The summed E-state index contributed by atoms with van der Waals surface area (Å²) in [6.45, 7) is 4.33. The van der Waals surface area contributed by atoms with E-state index < -0.39 is 0 Å². The van der Waals surface area contributed by atoms with Crippen molar-refractivity contribution in [1.29, 1.82) is 0 Å². The molecule has 0 spiro atoms. The Balaban J connectivity index is 2.12. The van der Waals surface area contributed by atoms with Crippen LogP contribution in [0.25, 0.3) is 0 Å². The van der Waals surface area contributed by atoms with Crippen molar-refractivity contribution in [2.45, 2.75) is 26.7 Å². The summed E-state index contributed by atoms with van der Waals surface area (Å²) in [4.78, 5) is 25.4. The van der Waals surface area contributed by atoms with Gasteiger partial charge in [-0.2, -0.15) is 0 Å². The van der Waals surface area contributed by atoms with Crippen LogP contribution in [-0.2, 0) is 6.42 Å². The summed E-state index contributed by atoms with van der Waals surface area (Å²) in [5.74, 6) is 0.522. The molecule has 2 aromatic carbocycles. The molecule has 2 nitrogen and oxygen atoms in total. The predicted octanol–water partition coefficient (Wildman–Crippen LogP) is 4.05. The topological polar surface area (TPSA) is 34.1 Å². The quantitative estimate of drug-likeness (QED) is 0.724. The van der Waals surface area contributed by atoms with Gasteiger partial charge in [0.1, 0.15) is 0 Å². The average Bonchev–Trinajstić information content (AvgIpc) is 2.50. The van der Waals surface area contributed by atoms with Crippen LogP contribution in [0.15, 0.2) is 42.5 Å². The predicted molar refractivity (Wildman–Crippen MR) is 82.9 cm³/mol. The van der Waals surface area contributed by atoms with Crippen molar-refractivity contribution in [3.63, 3.8) is 0 Å². The fraction of sp³-hybridized carbons (Fsp3) is 0.263. The second-order valence-electron chi connectivity index (χ2n) is 5.98. The van der Waals surface area contributed by atoms with Gasteiger partial charge in [0.05, 0.1) is 0 Å². The van der Waals surface area contributed by atoms with Crippen LogP contribution >= 0.6 is 0 Å². The molecular weight excluding hydrogens is 260 g/mol. The van der Waals surface area contributed by atoms with Gasteiger partial charge in [0, 0.05) is 22.3 Å². The molecule has 0 bridgehead atoms. The van der Waals surface area contributed by atoms with Gasteiger partial charge >= 0.3 is 0 Å². The molecule has 0 radical (unpaired) electrons. The number of benzene rings is 2. The largest absolute Gasteiger partial charge is 0.289 e. The van der Waals surface area contributed by atoms with Crippen molar-refractivity contribution < 1.29 is 9.59 Å². The summed E-state index contributed by atoms with van der Waals surface area (Å²) < 4.78 is 0. The molecule has 3 rings (SSSR count). The Labute approximate surface area is 124 Å². The monoisotopic (exact) mass is 278 g/mol. The van der Waals surface area contributed by atoms with Crippen LogP contribution in [0.4, 0.5) is 0 Å². The van der Waals surface area contributed by atoms with Gasteiger partial charge in [-0.15, -0.1) is 0 Å². The van der Waals surface area contributed by atoms with E-state index in [-0.39, 0.29) is 11.6 Å². The van der Waals surface area contributed by atoms with Crippen LogP contribution in [-0.4, -0.2) is 11.6 Å². The lowest BCUT2D eigenvalue weighted by atomic mass is 9.81. The lowest BCUT2D eigenvalue weighted by Gasteiger charge is -2.20. The van der Waals surface area contributed by atoms with Gasteiger partial charge in [-0.25, -0.2) is 0 Å². The minimum atomic E-state index is -0.0356. The Morgan fingerprint density at radius 2 is 1.43 bits per heavy atom. The van der Waals surface area contributed by atoms with E-state index in [1.54, 1.807) is 24.3 Å². The molecule has 0 unspecified atom stereocenters. The molecule has 0 aliphatic heterocycles. The number of hydrogen-bond acceptors (Lipinski definition) is 2. The Bertz CT molecular complexity index is 726. The third-order valence-corrected chi connectivity index (χ3v) is 4.03. The molecule has 0 fully saturated rings. The van der Waals surface area contributed by atoms with Crippen molar-refractivity contribution in [2.75, 3.05) is 0 Å². The lowest BCUT2D eigenvalue weighted by molar-refractivity contribution is 0.0978. The average molecular weight is 278 g/mol. The SMILES string of the molecule is CC(C)CCc1cccc2c1C(=O)c1ccccc1C2=O. The first kappa shape index (κ1) is 13.7. The number of fused-ring (bicyclic) bond motifs is 2. The van der Waals surface area contributed by atoms with E-state index in [0.29, 0.717) is 28.2 Å². The zero-order valence-electron chi connectivity index (χ0n) is 12.3. The third kappa shape index (κ3) is 2.31. The Hall–Kier alpha value is -2.22. The fourth-order valence-electron chi connectivity index (χ4n) is 2.87. The Morgan fingerprint density at radius 1 is 0.810 bits per heavy atom. The summed E-state index contributed by atoms with van der Waals surface area (Å²) in [5.41, 5.74) is 3.22. The molecule has 0 amide bonds. The molecule has 1 aliphatic carbocycles. The highest BCUT2D eigenvalue weighted by Crippen LogP contribution is 2.30. The van der Waals surface area contributed by atoms with Crippen molar-refractivity contribution in [3.8, 4) is 0 Å². The first-order valence-electron chi connectivity index (χ1n) is 7.40. The van der Waals surface area contributed by atoms with Gasteiger partial charge in [-0.3, -0.25) is 9.59 Å². The number of ketones is 2. The Kier molecular flexibility index (Phi) is 3.46. The van der Waals surface area contributed by atoms with Crippen molar-refractivity contribution in [3.05, 3.63) is 70.3 Å². The first-order valence-corrected chi connectivity index (χ1v) is 7.40. The molecule has 2 aromatic rings. The maximum Gasteiger partial charge on any atom is 0.194 e. The van der Waals surface area contributed by atoms with Crippen LogP contribution in [0.3, 0.4) is 0 Å². The number of carbonyl (C=O) groups is 2. The zero-order valence-corrected chi connectivity index (χ0v) is 12.3. The molecule has 0 heterocycles. The van der Waals surface area contributed by atoms with E-state index >= 15 is 0 Å². The van der Waals surface area contributed by atoms with Crippen LogP contribution in [0, 0.1) is 5.92 Å². The van der Waals surface area contributed by atoms with Crippen LogP contribution in [0.2, 0.25) is 0 Å². The molecule has 0 saturated carbocycles. The molecule has 0 atom stereocenters. The first-order chi connectivity index (χ1) is 10.1. The standard InChI is InChI=1S/C19H18O2/c1-12(2)10-11-13-6-5-9-16-17(13)19(21)15-8-4-3-7-14(15)18(16)20/h3-9,12H,10-11H2,1-2H3. The van der Waals surface area contributed by atoms with E-state index in [1.807, 2.05) is 18.2 Å². The normalized spacial score (nSPS) is 13.3. The second kappa shape index (κ2) is 5.28. The molecule has 2 heteroatoms. The fourth-order valence-corrected chi connectivity index (χ4v) is 2.87. The summed E-state index contributed by atoms with van der Waals surface area (Å²) in [6.07, 6.45) is 1.85. The van der Waals surface area contributed by atoms with Gasteiger partial charge in [0.2, 0.25) is 0 Å². The van der Waals surface area contributed by atoms with Crippen LogP contribution < -0.4 is 0 Å². The minimum Gasteiger partial charge on any atom is -0.289 e. The maximum atomic E-state index is 12.8. The molecule has 0 N–H and O–H groups in total. The maximum absolute atomic E-state index is 12.8. The van der Waals surface area contributed by atoms with Gasteiger partial charge in [0.15, 0.2) is 11.6 Å². The molecule has 21 heavy (non-hydrogen) atoms. The summed E-state index contributed by atoms with van der Waals surface area (Å²) >= 11 is 0. The van der Waals surface area contributed by atoms with Crippen molar-refractivity contribution in [1.82, 2.24) is 0 Å². The zero-order chi connectivity index (χ0) is 15.0. The van der Waals surface area contributed by atoms with E-state index in [2.05, 4.69) is 13.8 Å². The van der Waals surface area contributed by atoms with Crippen molar-refractivity contribution >= 4 is 11.6 Å². The van der Waals surface area contributed by atoms with Gasteiger partial charge in [0.25, 0.3) is 0 Å². The number of carbonyl (C=O) groups excluding carboxylic acids is 2. The summed E-state index contributed by atoms with van der Waals surface area (Å²) in [6, 6.07) is 12.7. The minimum absolute atomic E-state index is 0.0143. The smallest absolute Gasteiger partial charge is 0.194 e. The number of aryl methyl sites for hydroxylation is 1. The number of hydrogen-bond donors (Lipinski definition) is 0. The Morgan fingerprint density at radius 3 is 2.10 bits per heavy atom. The van der Waals surface area contributed by atoms with Gasteiger partial charge in [-0.1, -0.05) is 56.3 Å². The molecule has 106 valence electrons. The third-order valence-electron chi connectivity index (χ3n) is 4.03. The highest BCUT2D eigenvalue weighted by atomic mass is 16.1. The van der Waals surface area contributed by atoms with E-state index in [9.17, 15) is 9.59 Å². The number of rotatable bonds is 3. The lowest BCUT2D eigenvalue weighted by Crippen LogP contribution is -2.22. The second-order valence-corrected chi connectivity index (χ2v) is 5.98. The summed E-state index contributed by atoms with van der Waals surface area (Å²) in [5, 5.41) is 0. The molecule has 0 saturated heterocycles. The molecule has 0 aromatic heterocycles. The van der Waals surface area contributed by atoms with Crippen LogP contribution in [0.5, 0.6) is 0 Å². The van der Waals surface area contributed by atoms with E-state index in [1.165, 1.54) is 0 Å². The van der Waals surface area contributed by atoms with Gasteiger partial charge < -0.3 is 0 Å². The highest BCUT2D eigenvalue weighted by molar-refractivity contribution is 6.28. The van der Waals surface area contributed by atoms with E-state index in [0.717, 1.165) is 18.4 Å².